The average molecular weight is 508 g/mol. The van der Waals surface area contributed by atoms with E-state index in [9.17, 15) is 0 Å². The van der Waals surface area contributed by atoms with Gasteiger partial charge in [-0.25, -0.2) is 0 Å². The molecule has 6 rings (SSSR count). The topological polar surface area (TPSA) is 30.9 Å². The van der Waals surface area contributed by atoms with Gasteiger partial charge in [-0.05, 0) is 107 Å². The van der Waals surface area contributed by atoms with Crippen LogP contribution in [0.15, 0.2) is 66.7 Å². The molecule has 4 nitrogen and oxygen atoms in total. The maximum Gasteiger partial charge on any atom is 0.122 e. The molecule has 0 aromatic heterocycles. The van der Waals surface area contributed by atoms with E-state index in [2.05, 4.69) is 78.6 Å². The third-order valence-electron chi connectivity index (χ3n) is 8.33. The number of fused-ring (bicyclic) bond motifs is 5. The number of nitrogens with zero attached hydrogens (tertiary/aromatic N) is 1. The van der Waals surface area contributed by atoms with Crippen molar-refractivity contribution >= 4 is 10.8 Å². The van der Waals surface area contributed by atoms with Crippen LogP contribution < -0.4 is 14.2 Å². The Morgan fingerprint density at radius 2 is 1.58 bits per heavy atom. The molecule has 196 valence electrons. The van der Waals surface area contributed by atoms with Crippen LogP contribution >= 0.6 is 0 Å². The molecule has 38 heavy (non-hydrogen) atoms. The number of hydrogen-bond acceptors (Lipinski definition) is 4. The van der Waals surface area contributed by atoms with E-state index in [4.69, 9.17) is 14.2 Å². The molecule has 1 fully saturated rings. The molecule has 0 spiro atoms. The maximum absolute atomic E-state index is 6.16. The van der Waals surface area contributed by atoms with Crippen molar-refractivity contribution in [3.8, 4) is 28.4 Å². The summed E-state index contributed by atoms with van der Waals surface area (Å²) in [6.45, 7) is 6.34. The smallest absolute Gasteiger partial charge is 0.122 e. The summed E-state index contributed by atoms with van der Waals surface area (Å²) in [5.74, 6) is 2.93. The lowest BCUT2D eigenvalue weighted by Crippen LogP contribution is -2.33. The zero-order valence-corrected chi connectivity index (χ0v) is 22.8. The number of benzene rings is 4. The van der Waals surface area contributed by atoms with Gasteiger partial charge in [-0.3, -0.25) is 4.90 Å². The summed E-state index contributed by atoms with van der Waals surface area (Å²) >= 11 is 0. The van der Waals surface area contributed by atoms with E-state index in [1.165, 1.54) is 76.5 Å². The predicted molar refractivity (Wildman–Crippen MR) is 155 cm³/mol. The summed E-state index contributed by atoms with van der Waals surface area (Å²) in [7, 11) is 3.49. The highest BCUT2D eigenvalue weighted by molar-refractivity contribution is 5.98. The lowest BCUT2D eigenvalue weighted by molar-refractivity contribution is 0.183. The van der Waals surface area contributed by atoms with Crippen LogP contribution in [0.25, 0.3) is 21.9 Å². The van der Waals surface area contributed by atoms with Gasteiger partial charge in [0.2, 0.25) is 0 Å². The monoisotopic (exact) mass is 507 g/mol. The Bertz CT molecular complexity index is 1440. The Labute approximate surface area is 226 Å². The molecule has 0 saturated carbocycles. The summed E-state index contributed by atoms with van der Waals surface area (Å²) < 4.78 is 17.5. The van der Waals surface area contributed by atoms with Crippen molar-refractivity contribution in [3.63, 3.8) is 0 Å². The zero-order chi connectivity index (χ0) is 26.1. The molecule has 1 heterocycles. The molecule has 0 N–H and O–H groups in total. The Kier molecular flexibility index (Phi) is 6.99. The lowest BCUT2D eigenvalue weighted by Gasteiger charge is -2.26. The van der Waals surface area contributed by atoms with Crippen molar-refractivity contribution in [1.82, 2.24) is 4.90 Å². The molecule has 4 aromatic carbocycles. The molecule has 1 unspecified atom stereocenters. The molecule has 0 amide bonds. The second-order valence-electron chi connectivity index (χ2n) is 10.5. The molecule has 0 bridgehead atoms. The second kappa shape index (κ2) is 10.7. The number of hydrogen-bond donors (Lipinski definition) is 0. The number of likely N-dealkylation sites (tertiary alicyclic amines) is 1. The van der Waals surface area contributed by atoms with E-state index in [1.807, 2.05) is 0 Å². The van der Waals surface area contributed by atoms with Crippen LogP contribution in [0.4, 0.5) is 0 Å². The number of rotatable bonds is 8. The Balaban J connectivity index is 1.37. The molecule has 1 aliphatic carbocycles. The van der Waals surface area contributed by atoms with E-state index in [1.54, 1.807) is 14.2 Å². The van der Waals surface area contributed by atoms with Gasteiger partial charge in [0.05, 0.1) is 14.2 Å². The van der Waals surface area contributed by atoms with E-state index in [0.29, 0.717) is 0 Å². The van der Waals surface area contributed by atoms with Gasteiger partial charge in [-0.2, -0.15) is 0 Å². The quantitative estimate of drug-likeness (QED) is 0.218. The Hall–Kier alpha value is -3.50. The summed E-state index contributed by atoms with van der Waals surface area (Å²) in [6, 6.07) is 24.3. The number of ether oxygens (including phenoxy) is 3. The maximum atomic E-state index is 6.16. The first-order valence-electron chi connectivity index (χ1n) is 14.0. The van der Waals surface area contributed by atoms with Crippen molar-refractivity contribution in [1.29, 1.82) is 0 Å². The van der Waals surface area contributed by atoms with Gasteiger partial charge in [-0.1, -0.05) is 49.7 Å². The molecule has 1 aliphatic heterocycles. The minimum atomic E-state index is 0.149. The number of aryl methyl sites for hydroxylation is 1. The predicted octanol–water partition coefficient (Wildman–Crippen LogP) is 7.44. The highest BCUT2D eigenvalue weighted by Crippen LogP contribution is 2.52. The second-order valence-corrected chi connectivity index (χ2v) is 10.5. The van der Waals surface area contributed by atoms with E-state index in [0.717, 1.165) is 36.8 Å². The first-order valence-corrected chi connectivity index (χ1v) is 14.0. The molecule has 4 aromatic rings. The van der Waals surface area contributed by atoms with Gasteiger partial charge in [-0.15, -0.1) is 0 Å². The lowest BCUT2D eigenvalue weighted by atomic mass is 9.86. The molecule has 1 saturated heterocycles. The fourth-order valence-corrected chi connectivity index (χ4v) is 6.32. The minimum absolute atomic E-state index is 0.149. The van der Waals surface area contributed by atoms with Gasteiger partial charge < -0.3 is 14.2 Å². The summed E-state index contributed by atoms with van der Waals surface area (Å²) in [6.07, 6.45) is 4.92. The molecule has 4 heteroatoms. The zero-order valence-electron chi connectivity index (χ0n) is 22.8. The SMILES string of the molecule is CCc1cc2c(cc1OC)-c1ccc3cc(OC)ccc3c1C2c1ccc(OCCN2CCCCC2)cc1. The highest BCUT2D eigenvalue weighted by Gasteiger charge is 2.33. The normalized spacial score (nSPS) is 16.8. The summed E-state index contributed by atoms with van der Waals surface area (Å²) in [4.78, 5) is 2.52. The van der Waals surface area contributed by atoms with Crippen LogP contribution in [0.1, 0.15) is 54.4 Å². The minimum Gasteiger partial charge on any atom is -0.497 e. The largest absolute Gasteiger partial charge is 0.497 e. The van der Waals surface area contributed by atoms with E-state index < -0.39 is 0 Å². The fourth-order valence-electron chi connectivity index (χ4n) is 6.32. The van der Waals surface area contributed by atoms with Crippen LogP contribution in [0.5, 0.6) is 17.2 Å². The van der Waals surface area contributed by atoms with Gasteiger partial charge in [0.25, 0.3) is 0 Å². The highest BCUT2D eigenvalue weighted by atomic mass is 16.5. The van der Waals surface area contributed by atoms with Gasteiger partial charge in [0.15, 0.2) is 0 Å². The van der Waals surface area contributed by atoms with Gasteiger partial charge in [0.1, 0.15) is 23.9 Å². The van der Waals surface area contributed by atoms with Gasteiger partial charge >= 0.3 is 0 Å². The Morgan fingerprint density at radius 3 is 2.32 bits per heavy atom. The van der Waals surface area contributed by atoms with Crippen LogP contribution in [0.3, 0.4) is 0 Å². The standard InChI is InChI=1S/C34H37NO3/c1-4-23-21-31-30(22-32(23)37-3)29-14-10-25-20-27(36-2)13-15-28(25)34(29)33(31)24-8-11-26(12-9-24)38-19-18-35-16-6-5-7-17-35/h8-15,20-22,33H,4-7,16-19H2,1-3H3. The van der Waals surface area contributed by atoms with Gasteiger partial charge in [0, 0.05) is 12.5 Å². The van der Waals surface area contributed by atoms with Crippen molar-refractivity contribution in [2.75, 3.05) is 40.5 Å². The molecule has 2 aliphatic rings. The third kappa shape index (κ3) is 4.52. The van der Waals surface area contributed by atoms with Crippen molar-refractivity contribution in [3.05, 3.63) is 89.0 Å². The molecular formula is C34H37NO3. The van der Waals surface area contributed by atoms with Crippen LogP contribution in [-0.4, -0.2) is 45.4 Å². The van der Waals surface area contributed by atoms with E-state index in [-0.39, 0.29) is 5.92 Å². The first-order chi connectivity index (χ1) is 18.7. The van der Waals surface area contributed by atoms with E-state index >= 15 is 0 Å². The van der Waals surface area contributed by atoms with Crippen LogP contribution in [0, 0.1) is 0 Å². The first kappa shape index (κ1) is 24.8. The van der Waals surface area contributed by atoms with Crippen molar-refractivity contribution in [2.45, 2.75) is 38.5 Å². The van der Waals surface area contributed by atoms with Crippen molar-refractivity contribution in [2.24, 2.45) is 0 Å². The summed E-state index contributed by atoms with van der Waals surface area (Å²) in [5, 5.41) is 2.46. The molecule has 0 radical (unpaired) electrons. The third-order valence-corrected chi connectivity index (χ3v) is 8.33. The van der Waals surface area contributed by atoms with Crippen LogP contribution in [0.2, 0.25) is 0 Å². The number of piperidine rings is 1. The molecule has 1 atom stereocenters. The van der Waals surface area contributed by atoms with Crippen molar-refractivity contribution < 1.29 is 14.2 Å². The summed E-state index contributed by atoms with van der Waals surface area (Å²) in [5.41, 5.74) is 7.77. The Morgan fingerprint density at radius 1 is 0.789 bits per heavy atom. The average Bonchev–Trinajstić information content (AvgIpc) is 3.30. The number of methoxy groups -OCH3 is 2. The fraction of sp³-hybridized carbons (Fsp3) is 0.353. The molecular weight excluding hydrogens is 470 g/mol. The van der Waals surface area contributed by atoms with Crippen LogP contribution in [-0.2, 0) is 6.42 Å².